The Morgan fingerprint density at radius 3 is 2.81 bits per heavy atom. The van der Waals surface area contributed by atoms with Gasteiger partial charge in [0.05, 0.1) is 18.4 Å². The summed E-state index contributed by atoms with van der Waals surface area (Å²) in [6, 6.07) is 4.18. The number of hydrogen-bond donors (Lipinski definition) is 2. The Hall–Kier alpha value is -2.41. The third kappa shape index (κ3) is 4.60. The van der Waals surface area contributed by atoms with Crippen molar-refractivity contribution < 1.29 is 9.53 Å². The highest BCUT2D eigenvalue weighted by molar-refractivity contribution is 6.00. The van der Waals surface area contributed by atoms with Crippen LogP contribution in [0.5, 0.6) is 0 Å². The Kier molecular flexibility index (Phi) is 5.88. The minimum Gasteiger partial charge on any atom is -0.385 e. The van der Waals surface area contributed by atoms with Gasteiger partial charge in [-0.1, -0.05) is 0 Å². The molecule has 1 aromatic heterocycles. The van der Waals surface area contributed by atoms with Gasteiger partial charge in [0.2, 0.25) is 5.91 Å². The molecule has 1 fully saturated rings. The van der Waals surface area contributed by atoms with E-state index >= 15 is 0 Å². The summed E-state index contributed by atoms with van der Waals surface area (Å²) in [5, 5.41) is 3.63. The number of hydrogen-bond acceptors (Lipinski definition) is 5. The van der Waals surface area contributed by atoms with Crippen molar-refractivity contribution in [1.29, 1.82) is 0 Å². The number of amides is 1. The molecule has 26 heavy (non-hydrogen) atoms. The second-order valence-corrected chi connectivity index (χ2v) is 6.83. The van der Waals surface area contributed by atoms with Gasteiger partial charge in [-0.2, -0.15) is 0 Å². The summed E-state index contributed by atoms with van der Waals surface area (Å²) in [6.07, 6.45) is 4.42. The van der Waals surface area contributed by atoms with Gasteiger partial charge >= 0.3 is 0 Å². The minimum absolute atomic E-state index is 0.0532. The molecular formula is C19H27N5O2. The summed E-state index contributed by atoms with van der Waals surface area (Å²) >= 11 is 0. The van der Waals surface area contributed by atoms with E-state index in [-0.39, 0.29) is 5.91 Å². The number of aromatic nitrogens is 1. The molecule has 0 radical (unpaired) electrons. The summed E-state index contributed by atoms with van der Waals surface area (Å²) in [6.45, 7) is 6.25. The molecule has 7 nitrogen and oxygen atoms in total. The van der Waals surface area contributed by atoms with Gasteiger partial charge in [-0.05, 0) is 31.9 Å². The van der Waals surface area contributed by atoms with E-state index in [0.717, 1.165) is 49.4 Å². The fourth-order valence-corrected chi connectivity index (χ4v) is 3.25. The van der Waals surface area contributed by atoms with E-state index in [9.17, 15) is 4.79 Å². The molecule has 1 saturated heterocycles. The van der Waals surface area contributed by atoms with Gasteiger partial charge in [-0.3, -0.25) is 9.78 Å². The number of nitrogens with one attached hydrogen (secondary N) is 1. The average Bonchev–Trinajstić information content (AvgIpc) is 2.64. The molecule has 1 aromatic rings. The van der Waals surface area contributed by atoms with Gasteiger partial charge < -0.3 is 20.7 Å². The van der Waals surface area contributed by atoms with Crippen LogP contribution in [-0.2, 0) is 9.53 Å². The average molecular weight is 357 g/mol. The Morgan fingerprint density at radius 1 is 1.38 bits per heavy atom. The lowest BCUT2D eigenvalue weighted by atomic mass is 10.0. The van der Waals surface area contributed by atoms with Crippen molar-refractivity contribution in [1.82, 2.24) is 15.2 Å². The molecule has 0 aliphatic carbocycles. The number of nitrogens with two attached hydrogens (primary N) is 1. The fourth-order valence-electron chi connectivity index (χ4n) is 3.25. The van der Waals surface area contributed by atoms with Crippen LogP contribution in [-0.4, -0.2) is 54.0 Å². The lowest BCUT2D eigenvalue weighted by Gasteiger charge is -2.33. The van der Waals surface area contributed by atoms with Gasteiger partial charge in [0.25, 0.3) is 0 Å². The number of aliphatic imine (C=N–C) groups is 1. The molecule has 0 bridgehead atoms. The number of nitrogens with zero attached hydrogens (tertiary/aromatic N) is 3. The van der Waals surface area contributed by atoms with Crippen LogP contribution in [0.25, 0.3) is 0 Å². The maximum absolute atomic E-state index is 11.8. The number of rotatable bonds is 4. The summed E-state index contributed by atoms with van der Waals surface area (Å²) in [5.74, 6) is 0.494. The highest BCUT2D eigenvalue weighted by Gasteiger charge is 2.25. The number of aryl methyl sites for hydroxylation is 1. The summed E-state index contributed by atoms with van der Waals surface area (Å²) < 4.78 is 5.44. The van der Waals surface area contributed by atoms with E-state index in [4.69, 9.17) is 10.5 Å². The van der Waals surface area contributed by atoms with Crippen molar-refractivity contribution in [2.45, 2.75) is 39.2 Å². The first-order valence-electron chi connectivity index (χ1n) is 9.12. The molecule has 0 spiro atoms. The fraction of sp³-hybridized carbons (Fsp3) is 0.526. The van der Waals surface area contributed by atoms with E-state index in [0.29, 0.717) is 30.7 Å². The molecule has 0 saturated carbocycles. The highest BCUT2D eigenvalue weighted by atomic mass is 16.5. The van der Waals surface area contributed by atoms with Crippen molar-refractivity contribution in [3.63, 3.8) is 0 Å². The summed E-state index contributed by atoms with van der Waals surface area (Å²) in [4.78, 5) is 22.4. The largest absolute Gasteiger partial charge is 0.385 e. The normalized spacial score (nSPS) is 19.6. The van der Waals surface area contributed by atoms with Gasteiger partial charge in [-0.25, -0.2) is 4.99 Å². The third-order valence-corrected chi connectivity index (χ3v) is 4.84. The van der Waals surface area contributed by atoms with Crippen LogP contribution < -0.4 is 11.1 Å². The molecule has 1 amide bonds. The predicted molar refractivity (Wildman–Crippen MR) is 101 cm³/mol. The topological polar surface area (TPSA) is 92.8 Å². The summed E-state index contributed by atoms with van der Waals surface area (Å²) in [7, 11) is 0. The molecule has 0 unspecified atom stereocenters. The quantitative estimate of drug-likeness (QED) is 0.631. The molecule has 7 heteroatoms. The lowest BCUT2D eigenvalue weighted by Crippen LogP contribution is -2.44. The first kappa shape index (κ1) is 18.4. The first-order chi connectivity index (χ1) is 12.5. The zero-order chi connectivity index (χ0) is 18.5. The lowest BCUT2D eigenvalue weighted by molar-refractivity contribution is -0.128. The number of carbonyl (C=O) groups excluding carboxylic acids is 1. The van der Waals surface area contributed by atoms with E-state index in [2.05, 4.69) is 15.3 Å². The molecule has 0 aromatic carbocycles. The van der Waals surface area contributed by atoms with E-state index in [1.54, 1.807) is 18.0 Å². The Morgan fingerprint density at radius 2 is 2.15 bits per heavy atom. The first-order valence-corrected chi connectivity index (χ1v) is 9.12. The number of pyridine rings is 1. The van der Waals surface area contributed by atoms with Crippen molar-refractivity contribution >= 4 is 17.4 Å². The van der Waals surface area contributed by atoms with Gasteiger partial charge in [0, 0.05) is 56.1 Å². The number of ether oxygens (including phenoxy) is 1. The van der Waals surface area contributed by atoms with Crippen LogP contribution in [0.2, 0.25) is 0 Å². The SMILES string of the molecule is CC(=O)N1CCC(NC2CCOCC2)=C(C(N)=Nc2ccc(C)nc2)C1. The van der Waals surface area contributed by atoms with Crippen LogP contribution in [0.15, 0.2) is 34.6 Å². The molecule has 140 valence electrons. The van der Waals surface area contributed by atoms with Crippen LogP contribution in [0.4, 0.5) is 5.69 Å². The molecule has 0 atom stereocenters. The number of carbonyl (C=O) groups is 1. The second kappa shape index (κ2) is 8.31. The molecule has 3 N–H and O–H groups in total. The van der Waals surface area contributed by atoms with Crippen LogP contribution in [0, 0.1) is 6.92 Å². The van der Waals surface area contributed by atoms with Crippen molar-refractivity contribution in [2.24, 2.45) is 10.7 Å². The third-order valence-electron chi connectivity index (χ3n) is 4.84. The van der Waals surface area contributed by atoms with Crippen molar-refractivity contribution in [2.75, 3.05) is 26.3 Å². The van der Waals surface area contributed by atoms with Gasteiger partial charge in [0.1, 0.15) is 5.84 Å². The highest BCUT2D eigenvalue weighted by Crippen LogP contribution is 2.21. The van der Waals surface area contributed by atoms with Crippen LogP contribution in [0.1, 0.15) is 31.9 Å². The summed E-state index contributed by atoms with van der Waals surface area (Å²) in [5.41, 5.74) is 9.98. The van der Waals surface area contributed by atoms with Crippen LogP contribution in [0.3, 0.4) is 0 Å². The number of amidine groups is 1. The van der Waals surface area contributed by atoms with Crippen molar-refractivity contribution in [3.8, 4) is 0 Å². The Bertz CT molecular complexity index is 705. The maximum atomic E-state index is 11.8. The smallest absolute Gasteiger partial charge is 0.219 e. The molecular weight excluding hydrogens is 330 g/mol. The zero-order valence-corrected chi connectivity index (χ0v) is 15.5. The monoisotopic (exact) mass is 357 g/mol. The van der Waals surface area contributed by atoms with E-state index < -0.39 is 0 Å². The molecule has 2 aliphatic rings. The zero-order valence-electron chi connectivity index (χ0n) is 15.5. The van der Waals surface area contributed by atoms with E-state index in [1.165, 1.54) is 0 Å². The molecule has 3 heterocycles. The Balaban J connectivity index is 1.86. The standard InChI is InChI=1S/C19H27N5O2/c1-13-3-4-16(11-21-13)23-19(20)17-12-24(14(2)25)8-5-18(17)22-15-6-9-26-10-7-15/h3-4,11,15,22H,5-10,12H2,1-2H3,(H2,20,23). The Labute approximate surface area is 154 Å². The van der Waals surface area contributed by atoms with Crippen molar-refractivity contribution in [3.05, 3.63) is 35.3 Å². The molecule has 3 rings (SSSR count). The van der Waals surface area contributed by atoms with E-state index in [1.807, 2.05) is 19.1 Å². The maximum Gasteiger partial charge on any atom is 0.219 e. The molecule has 2 aliphatic heterocycles. The minimum atomic E-state index is 0.0532. The van der Waals surface area contributed by atoms with Gasteiger partial charge in [-0.15, -0.1) is 0 Å². The van der Waals surface area contributed by atoms with Gasteiger partial charge in [0.15, 0.2) is 0 Å². The predicted octanol–water partition coefficient (Wildman–Crippen LogP) is 1.65. The van der Waals surface area contributed by atoms with Crippen LogP contribution >= 0.6 is 0 Å². The second-order valence-electron chi connectivity index (χ2n) is 6.83.